The van der Waals surface area contributed by atoms with Crippen molar-refractivity contribution in [3.05, 3.63) is 15.8 Å². The Morgan fingerprint density at radius 3 is 1.93 bits per heavy atom. The minimum Gasteiger partial charge on any atom is -0.398 e. The Kier molecular flexibility index (Phi) is 6.64. The molecule has 2 heteroatoms. The number of anilines is 1. The summed E-state index contributed by atoms with van der Waals surface area (Å²) in [5, 5.41) is 2.16. The molecule has 0 radical (unpaired) electrons. The minimum absolute atomic E-state index is 0.833. The largest absolute Gasteiger partial charge is 0.398 e. The van der Waals surface area contributed by atoms with Crippen LogP contribution in [-0.4, -0.2) is 0 Å². The Morgan fingerprint density at radius 2 is 1.71 bits per heavy atom. The lowest BCUT2D eigenvalue weighted by molar-refractivity contribution is 0.737. The third kappa shape index (κ3) is 4.66. The summed E-state index contributed by atoms with van der Waals surface area (Å²) in [5.41, 5.74) is 8.17. The summed E-state index contributed by atoms with van der Waals surface area (Å²) in [6.07, 6.45) is 2.12. The second-order valence-corrected chi connectivity index (χ2v) is 5.00. The fraction of sp³-hybridized carbons (Fsp3) is 0.667. The van der Waals surface area contributed by atoms with Crippen LogP contribution in [0, 0.1) is 5.92 Å². The van der Waals surface area contributed by atoms with Crippen molar-refractivity contribution in [2.75, 3.05) is 5.73 Å². The highest BCUT2D eigenvalue weighted by molar-refractivity contribution is 7.10. The van der Waals surface area contributed by atoms with E-state index in [9.17, 15) is 0 Å². The third-order valence-corrected chi connectivity index (χ3v) is 2.89. The summed E-state index contributed by atoms with van der Waals surface area (Å²) in [6, 6.07) is 0. The summed E-state index contributed by atoms with van der Waals surface area (Å²) in [6.45, 7) is 10.8. The van der Waals surface area contributed by atoms with Gasteiger partial charge >= 0.3 is 0 Å². The molecule has 0 atom stereocenters. The van der Waals surface area contributed by atoms with Crippen LogP contribution in [0.15, 0.2) is 5.38 Å². The average Bonchev–Trinajstić information content (AvgIpc) is 2.45. The maximum Gasteiger partial charge on any atom is 0.0487 e. The smallest absolute Gasteiger partial charge is 0.0487 e. The van der Waals surface area contributed by atoms with Gasteiger partial charge in [0.2, 0.25) is 0 Å². The molecule has 1 heterocycles. The lowest BCUT2D eigenvalue weighted by Gasteiger charge is -1.95. The molecule has 0 saturated heterocycles. The summed E-state index contributed by atoms with van der Waals surface area (Å²) in [7, 11) is 0. The van der Waals surface area contributed by atoms with E-state index in [1.807, 2.05) is 0 Å². The summed E-state index contributed by atoms with van der Waals surface area (Å²) in [4.78, 5) is 1.33. The van der Waals surface area contributed by atoms with Gasteiger partial charge in [0.05, 0.1) is 0 Å². The Hall–Kier alpha value is -0.500. The summed E-state index contributed by atoms with van der Waals surface area (Å²) in [5.74, 6) is 0.833. The maximum absolute atomic E-state index is 5.83. The second-order valence-electron chi connectivity index (χ2n) is 4.04. The van der Waals surface area contributed by atoms with Crippen molar-refractivity contribution >= 4 is 17.0 Å². The van der Waals surface area contributed by atoms with Gasteiger partial charge in [0.25, 0.3) is 0 Å². The number of rotatable bonds is 2. The van der Waals surface area contributed by atoms with Crippen LogP contribution in [0.25, 0.3) is 0 Å². The van der Waals surface area contributed by atoms with Crippen molar-refractivity contribution in [2.45, 2.75) is 47.5 Å². The predicted octanol–water partition coefficient (Wildman–Crippen LogP) is 4.12. The standard InChI is InChI=1S/C8H13NS.C4H10/c1-3-6-5-10-7(4-2)8(6)9;1-4(2)3/h5H,3-4,9H2,1-2H3;4H,1-3H3. The third-order valence-electron chi connectivity index (χ3n) is 1.69. The number of thiophene rings is 1. The van der Waals surface area contributed by atoms with Gasteiger partial charge in [-0.1, -0.05) is 34.6 Å². The van der Waals surface area contributed by atoms with Crippen LogP contribution < -0.4 is 5.73 Å². The van der Waals surface area contributed by atoms with Gasteiger partial charge in [-0.2, -0.15) is 0 Å². The zero-order valence-corrected chi connectivity index (χ0v) is 10.9. The van der Waals surface area contributed by atoms with Gasteiger partial charge in [-0.3, -0.25) is 0 Å². The molecule has 82 valence electrons. The van der Waals surface area contributed by atoms with Crippen molar-refractivity contribution in [1.29, 1.82) is 0 Å². The van der Waals surface area contributed by atoms with E-state index < -0.39 is 0 Å². The van der Waals surface area contributed by atoms with Crippen LogP contribution in [0.2, 0.25) is 0 Å². The number of aryl methyl sites for hydroxylation is 2. The topological polar surface area (TPSA) is 26.0 Å². The van der Waals surface area contributed by atoms with E-state index in [0.29, 0.717) is 0 Å². The predicted molar refractivity (Wildman–Crippen MR) is 68.0 cm³/mol. The average molecular weight is 213 g/mol. The molecular weight excluding hydrogens is 190 g/mol. The lowest BCUT2D eigenvalue weighted by atomic mass is 10.2. The fourth-order valence-corrected chi connectivity index (χ4v) is 2.00. The van der Waals surface area contributed by atoms with Gasteiger partial charge in [0.15, 0.2) is 0 Å². The van der Waals surface area contributed by atoms with Crippen LogP contribution >= 0.6 is 11.3 Å². The van der Waals surface area contributed by atoms with Gasteiger partial charge in [-0.15, -0.1) is 11.3 Å². The van der Waals surface area contributed by atoms with Crippen LogP contribution in [0.4, 0.5) is 5.69 Å². The van der Waals surface area contributed by atoms with Crippen molar-refractivity contribution < 1.29 is 0 Å². The van der Waals surface area contributed by atoms with Crippen molar-refractivity contribution in [3.8, 4) is 0 Å². The molecule has 0 fully saturated rings. The molecule has 0 aliphatic rings. The van der Waals surface area contributed by atoms with Crippen LogP contribution in [0.3, 0.4) is 0 Å². The molecule has 0 unspecified atom stereocenters. The van der Waals surface area contributed by atoms with Crippen LogP contribution in [0.5, 0.6) is 0 Å². The molecule has 0 aromatic carbocycles. The summed E-state index contributed by atoms with van der Waals surface area (Å²) >= 11 is 1.78. The van der Waals surface area contributed by atoms with E-state index >= 15 is 0 Å². The fourth-order valence-electron chi connectivity index (χ4n) is 0.996. The molecule has 14 heavy (non-hydrogen) atoms. The molecule has 1 nitrogen and oxygen atoms in total. The van der Waals surface area contributed by atoms with Gasteiger partial charge < -0.3 is 5.73 Å². The van der Waals surface area contributed by atoms with Crippen molar-refractivity contribution in [1.82, 2.24) is 0 Å². The Morgan fingerprint density at radius 1 is 1.21 bits per heavy atom. The van der Waals surface area contributed by atoms with E-state index in [2.05, 4.69) is 40.0 Å². The van der Waals surface area contributed by atoms with Gasteiger partial charge in [-0.05, 0) is 29.7 Å². The van der Waals surface area contributed by atoms with Crippen molar-refractivity contribution in [2.24, 2.45) is 5.92 Å². The quantitative estimate of drug-likeness (QED) is 0.786. The van der Waals surface area contributed by atoms with E-state index in [1.165, 1.54) is 10.4 Å². The van der Waals surface area contributed by atoms with Gasteiger partial charge in [-0.25, -0.2) is 0 Å². The molecule has 1 aromatic rings. The SMILES string of the molecule is CC(C)C.CCc1csc(CC)c1N. The van der Waals surface area contributed by atoms with Crippen LogP contribution in [0.1, 0.15) is 45.1 Å². The molecule has 0 spiro atoms. The van der Waals surface area contributed by atoms with Gasteiger partial charge in [0, 0.05) is 10.6 Å². The first-order valence-corrected chi connectivity index (χ1v) is 6.25. The number of hydrogen-bond acceptors (Lipinski definition) is 2. The van der Waals surface area contributed by atoms with E-state index in [0.717, 1.165) is 24.4 Å². The monoisotopic (exact) mass is 213 g/mol. The first-order valence-electron chi connectivity index (χ1n) is 5.37. The first-order chi connectivity index (χ1) is 6.52. The number of hydrogen-bond donors (Lipinski definition) is 1. The zero-order chi connectivity index (χ0) is 11.1. The minimum atomic E-state index is 0.833. The first kappa shape index (κ1) is 13.5. The molecule has 0 amide bonds. The van der Waals surface area contributed by atoms with E-state index in [1.54, 1.807) is 11.3 Å². The Bertz CT molecular complexity index is 227. The van der Waals surface area contributed by atoms with Gasteiger partial charge in [0.1, 0.15) is 0 Å². The highest BCUT2D eigenvalue weighted by Gasteiger charge is 2.03. The maximum atomic E-state index is 5.83. The molecule has 1 aromatic heterocycles. The van der Waals surface area contributed by atoms with Crippen LogP contribution in [-0.2, 0) is 12.8 Å². The Balaban J connectivity index is 0.000000364. The Labute approximate surface area is 92.3 Å². The highest BCUT2D eigenvalue weighted by atomic mass is 32.1. The molecule has 2 N–H and O–H groups in total. The second kappa shape index (κ2) is 6.88. The summed E-state index contributed by atoms with van der Waals surface area (Å²) < 4.78 is 0. The van der Waals surface area contributed by atoms with E-state index in [-0.39, 0.29) is 0 Å². The molecule has 0 bridgehead atoms. The normalized spacial score (nSPS) is 9.86. The molecule has 0 saturated carbocycles. The number of nitrogens with two attached hydrogens (primary N) is 1. The molecular formula is C12H23NS. The van der Waals surface area contributed by atoms with Crippen molar-refractivity contribution in [3.63, 3.8) is 0 Å². The lowest BCUT2D eigenvalue weighted by Crippen LogP contribution is -1.90. The molecule has 1 rings (SSSR count). The van der Waals surface area contributed by atoms with E-state index in [4.69, 9.17) is 5.73 Å². The molecule has 0 aliphatic heterocycles. The zero-order valence-electron chi connectivity index (χ0n) is 10.1. The molecule has 0 aliphatic carbocycles. The highest BCUT2D eigenvalue weighted by Crippen LogP contribution is 2.25. The number of nitrogen functional groups attached to an aromatic ring is 1.